The van der Waals surface area contributed by atoms with Crippen LogP contribution in [0.4, 0.5) is 0 Å². The highest BCUT2D eigenvalue weighted by Crippen LogP contribution is 2.10. The summed E-state index contributed by atoms with van der Waals surface area (Å²) in [6.07, 6.45) is 2.43. The molecule has 0 bridgehead atoms. The lowest BCUT2D eigenvalue weighted by Gasteiger charge is -2.13. The predicted molar refractivity (Wildman–Crippen MR) is 55.8 cm³/mol. The number of sulfone groups is 1. The molecule has 0 saturated carbocycles. The number of hydrogen-bond donors (Lipinski definition) is 0. The Morgan fingerprint density at radius 3 is 2.46 bits per heavy atom. The molecular formula is C8H17ClNO2S. The molecular weight excluding hydrogens is 210 g/mol. The molecule has 0 amide bonds. The average molecular weight is 227 g/mol. The van der Waals surface area contributed by atoms with Crippen LogP contribution in [-0.2, 0) is 9.84 Å². The Balaban J connectivity index is 4.20. The molecule has 79 valence electrons. The van der Waals surface area contributed by atoms with E-state index in [0.717, 1.165) is 12.8 Å². The SMILES string of the molecule is CCCCC(C[NH])S(=O)(=O)CCCl. The summed E-state index contributed by atoms with van der Waals surface area (Å²) in [6, 6.07) is 0. The van der Waals surface area contributed by atoms with Gasteiger partial charge in [0.05, 0.1) is 11.0 Å². The van der Waals surface area contributed by atoms with E-state index in [4.69, 9.17) is 17.3 Å². The Hall–Kier alpha value is 0.200. The number of nitrogens with one attached hydrogen (secondary N) is 1. The largest absolute Gasteiger partial charge is 0.257 e. The molecule has 3 nitrogen and oxygen atoms in total. The van der Waals surface area contributed by atoms with Crippen LogP contribution < -0.4 is 5.73 Å². The zero-order valence-corrected chi connectivity index (χ0v) is 9.50. The Bertz CT molecular complexity index is 216. The monoisotopic (exact) mass is 226 g/mol. The molecule has 1 atom stereocenters. The molecule has 0 aromatic rings. The first-order valence-electron chi connectivity index (χ1n) is 4.50. The molecule has 0 aliphatic carbocycles. The smallest absolute Gasteiger partial charge is 0.155 e. The second-order valence-corrected chi connectivity index (χ2v) is 5.80. The Morgan fingerprint density at radius 1 is 1.46 bits per heavy atom. The van der Waals surface area contributed by atoms with Gasteiger partial charge in [-0.25, -0.2) is 8.42 Å². The number of unbranched alkanes of at least 4 members (excludes halogenated alkanes) is 1. The number of alkyl halides is 1. The van der Waals surface area contributed by atoms with Crippen molar-refractivity contribution >= 4 is 21.4 Å². The second kappa shape index (κ2) is 6.62. The maximum atomic E-state index is 11.5. The lowest BCUT2D eigenvalue weighted by Crippen LogP contribution is -2.28. The first-order chi connectivity index (χ1) is 6.08. The predicted octanol–water partition coefficient (Wildman–Crippen LogP) is 1.48. The molecule has 0 aliphatic rings. The van der Waals surface area contributed by atoms with Gasteiger partial charge in [0.25, 0.3) is 0 Å². The van der Waals surface area contributed by atoms with Gasteiger partial charge in [-0.15, -0.1) is 11.6 Å². The van der Waals surface area contributed by atoms with Crippen LogP contribution in [0.15, 0.2) is 0 Å². The van der Waals surface area contributed by atoms with Crippen LogP contribution in [0.3, 0.4) is 0 Å². The van der Waals surface area contributed by atoms with Crippen molar-refractivity contribution in [3.05, 3.63) is 0 Å². The third-order valence-electron chi connectivity index (χ3n) is 1.98. The van der Waals surface area contributed by atoms with Crippen LogP contribution in [0.1, 0.15) is 26.2 Å². The Morgan fingerprint density at radius 2 is 2.08 bits per heavy atom. The highest BCUT2D eigenvalue weighted by molar-refractivity contribution is 7.92. The molecule has 1 radical (unpaired) electrons. The van der Waals surface area contributed by atoms with Crippen LogP contribution in [0.5, 0.6) is 0 Å². The molecule has 0 saturated heterocycles. The maximum absolute atomic E-state index is 11.5. The second-order valence-electron chi connectivity index (χ2n) is 3.02. The van der Waals surface area contributed by atoms with E-state index in [2.05, 4.69) is 0 Å². The minimum absolute atomic E-state index is 0.00180. The average Bonchev–Trinajstić information content (AvgIpc) is 2.05. The first kappa shape index (κ1) is 13.2. The van der Waals surface area contributed by atoms with Crippen LogP contribution in [0.25, 0.3) is 0 Å². The van der Waals surface area contributed by atoms with E-state index in [9.17, 15) is 8.42 Å². The third kappa shape index (κ3) is 4.84. The van der Waals surface area contributed by atoms with Crippen molar-refractivity contribution in [1.29, 1.82) is 0 Å². The fraction of sp³-hybridized carbons (Fsp3) is 1.00. The van der Waals surface area contributed by atoms with Gasteiger partial charge in [-0.1, -0.05) is 19.8 Å². The zero-order valence-electron chi connectivity index (χ0n) is 7.92. The fourth-order valence-corrected chi connectivity index (χ4v) is 3.09. The summed E-state index contributed by atoms with van der Waals surface area (Å²) in [6.45, 7) is 1.97. The molecule has 1 unspecified atom stereocenters. The number of halogens is 1. The molecule has 0 heterocycles. The van der Waals surface area contributed by atoms with Gasteiger partial charge in [-0.3, -0.25) is 5.73 Å². The molecule has 1 N–H and O–H groups in total. The highest BCUT2D eigenvalue weighted by atomic mass is 35.5. The van der Waals surface area contributed by atoms with Gasteiger partial charge >= 0.3 is 0 Å². The van der Waals surface area contributed by atoms with E-state index in [-0.39, 0.29) is 18.2 Å². The molecule has 0 aromatic carbocycles. The lowest BCUT2D eigenvalue weighted by molar-refractivity contribution is 0.564. The lowest BCUT2D eigenvalue weighted by atomic mass is 10.2. The fourth-order valence-electron chi connectivity index (χ4n) is 1.11. The summed E-state index contributed by atoms with van der Waals surface area (Å²) < 4.78 is 22.9. The number of rotatable bonds is 7. The molecule has 0 spiro atoms. The van der Waals surface area contributed by atoms with E-state index in [1.165, 1.54) is 0 Å². The summed E-state index contributed by atoms with van der Waals surface area (Å²) in [4.78, 5) is 0. The van der Waals surface area contributed by atoms with Crippen molar-refractivity contribution in [2.24, 2.45) is 0 Å². The molecule has 0 aliphatic heterocycles. The summed E-state index contributed by atoms with van der Waals surface area (Å²) in [5.41, 5.74) is 7.15. The van der Waals surface area contributed by atoms with Crippen LogP contribution in [0, 0.1) is 0 Å². The van der Waals surface area contributed by atoms with Gasteiger partial charge in [0.1, 0.15) is 0 Å². The van der Waals surface area contributed by atoms with Gasteiger partial charge in [-0.2, -0.15) is 0 Å². The van der Waals surface area contributed by atoms with Crippen molar-refractivity contribution in [1.82, 2.24) is 5.73 Å². The minimum atomic E-state index is -3.11. The van der Waals surface area contributed by atoms with E-state index in [1.54, 1.807) is 0 Å². The van der Waals surface area contributed by atoms with Crippen molar-refractivity contribution < 1.29 is 8.42 Å². The Kier molecular flexibility index (Phi) is 6.73. The van der Waals surface area contributed by atoms with Gasteiger partial charge < -0.3 is 0 Å². The Labute approximate surface area is 85.6 Å². The molecule has 0 fully saturated rings. The zero-order chi connectivity index (χ0) is 10.3. The quantitative estimate of drug-likeness (QED) is 0.618. The highest BCUT2D eigenvalue weighted by Gasteiger charge is 2.22. The van der Waals surface area contributed by atoms with Gasteiger partial charge in [0.2, 0.25) is 0 Å². The van der Waals surface area contributed by atoms with E-state index in [1.807, 2.05) is 6.92 Å². The summed E-state index contributed by atoms with van der Waals surface area (Å²) >= 11 is 5.38. The van der Waals surface area contributed by atoms with Crippen molar-refractivity contribution in [2.45, 2.75) is 31.4 Å². The first-order valence-corrected chi connectivity index (χ1v) is 6.75. The van der Waals surface area contributed by atoms with E-state index in [0.29, 0.717) is 6.42 Å². The van der Waals surface area contributed by atoms with Crippen molar-refractivity contribution in [3.8, 4) is 0 Å². The van der Waals surface area contributed by atoms with Gasteiger partial charge in [0.15, 0.2) is 9.84 Å². The summed E-state index contributed by atoms with van der Waals surface area (Å²) in [7, 11) is -3.11. The van der Waals surface area contributed by atoms with Gasteiger partial charge in [-0.05, 0) is 6.42 Å². The standard InChI is InChI=1S/C8H17ClNO2S/c1-2-3-4-8(7-10)13(11,12)6-5-9/h8,10H,2-7H2,1H3. The van der Waals surface area contributed by atoms with Gasteiger partial charge in [0, 0.05) is 12.4 Å². The van der Waals surface area contributed by atoms with Crippen LogP contribution >= 0.6 is 11.6 Å². The minimum Gasteiger partial charge on any atom is -0.257 e. The molecule has 0 rings (SSSR count). The normalized spacial score (nSPS) is 14.4. The molecule has 5 heteroatoms. The summed E-state index contributed by atoms with van der Waals surface area (Å²) in [5, 5.41) is -0.508. The molecule has 13 heavy (non-hydrogen) atoms. The van der Waals surface area contributed by atoms with E-state index < -0.39 is 15.1 Å². The van der Waals surface area contributed by atoms with Crippen LogP contribution in [0.2, 0.25) is 0 Å². The maximum Gasteiger partial charge on any atom is 0.155 e. The van der Waals surface area contributed by atoms with Crippen molar-refractivity contribution in [3.63, 3.8) is 0 Å². The van der Waals surface area contributed by atoms with Crippen LogP contribution in [-0.4, -0.2) is 31.8 Å². The third-order valence-corrected chi connectivity index (χ3v) is 4.58. The summed E-state index contributed by atoms with van der Waals surface area (Å²) in [5.74, 6) is 0.132. The topological polar surface area (TPSA) is 57.9 Å². The van der Waals surface area contributed by atoms with E-state index >= 15 is 0 Å². The number of hydrogen-bond acceptors (Lipinski definition) is 2. The molecule has 0 aromatic heterocycles. The van der Waals surface area contributed by atoms with Crippen molar-refractivity contribution in [2.75, 3.05) is 18.2 Å².